The Labute approximate surface area is 251 Å². The first-order valence-electron chi connectivity index (χ1n) is 14.0. The molecule has 1 saturated heterocycles. The Balaban J connectivity index is 1.39. The zero-order chi connectivity index (χ0) is 30.9. The Morgan fingerprint density at radius 1 is 0.884 bits per heavy atom. The van der Waals surface area contributed by atoms with Crippen LogP contribution in [0.4, 0.5) is 0 Å². The molecule has 1 aromatic heterocycles. The second kappa shape index (κ2) is 12.0. The van der Waals surface area contributed by atoms with Crippen molar-refractivity contribution in [2.24, 2.45) is 0 Å². The van der Waals surface area contributed by atoms with Gasteiger partial charge in [0.25, 0.3) is 10.0 Å². The van der Waals surface area contributed by atoms with Gasteiger partial charge >= 0.3 is 11.9 Å². The van der Waals surface area contributed by atoms with Crippen LogP contribution in [0.1, 0.15) is 58.9 Å². The number of aromatic nitrogens is 1. The number of amides is 1. The van der Waals surface area contributed by atoms with E-state index in [-0.39, 0.29) is 21.6 Å². The number of piperidine rings is 1. The summed E-state index contributed by atoms with van der Waals surface area (Å²) < 4.78 is 63.6. The first-order valence-corrected chi connectivity index (χ1v) is 16.9. The minimum Gasteiger partial charge on any atom is -0.465 e. The number of esters is 1. The summed E-state index contributed by atoms with van der Waals surface area (Å²) >= 11 is 0. The number of nitrogens with one attached hydrogen (secondary N) is 2. The van der Waals surface area contributed by atoms with Gasteiger partial charge < -0.3 is 4.74 Å². The highest BCUT2D eigenvalue weighted by Crippen LogP contribution is 2.35. The molecule has 0 atom stereocenters. The summed E-state index contributed by atoms with van der Waals surface area (Å²) in [5, 5.41) is 0.373. The lowest BCUT2D eigenvalue weighted by Gasteiger charge is -2.28. The van der Waals surface area contributed by atoms with Gasteiger partial charge in [0, 0.05) is 30.5 Å². The lowest BCUT2D eigenvalue weighted by atomic mass is 9.99. The van der Waals surface area contributed by atoms with Gasteiger partial charge in [0.15, 0.2) is 0 Å². The van der Waals surface area contributed by atoms with E-state index in [9.17, 15) is 26.4 Å². The molecule has 2 heterocycles. The molecule has 5 rings (SSSR count). The van der Waals surface area contributed by atoms with Gasteiger partial charge in [-0.05, 0) is 53.9 Å². The first-order chi connectivity index (χ1) is 20.4. The van der Waals surface area contributed by atoms with Crippen molar-refractivity contribution in [1.29, 1.82) is 0 Å². The van der Waals surface area contributed by atoms with E-state index in [1.54, 1.807) is 54.6 Å². The zero-order valence-corrected chi connectivity index (χ0v) is 25.7. The minimum absolute atomic E-state index is 0.0544. The van der Waals surface area contributed by atoms with Gasteiger partial charge in [0.05, 0.1) is 41.7 Å². The fraction of sp³-hybridized carbons (Fsp3) is 0.290. The molecule has 10 nitrogen and oxygen atoms in total. The number of nitrogens with zero attached hydrogens (tertiary/aromatic N) is 1. The van der Waals surface area contributed by atoms with Gasteiger partial charge in [-0.3, -0.25) is 4.90 Å². The summed E-state index contributed by atoms with van der Waals surface area (Å²) in [6.45, 7) is 4.68. The molecule has 226 valence electrons. The molecule has 0 radical (unpaired) electrons. The van der Waals surface area contributed by atoms with Crippen molar-refractivity contribution in [2.75, 3.05) is 20.2 Å². The second-order valence-corrected chi connectivity index (χ2v) is 14.4. The molecular weight excluding hydrogens is 590 g/mol. The first kappa shape index (κ1) is 30.6. The van der Waals surface area contributed by atoms with Crippen LogP contribution >= 0.6 is 0 Å². The molecule has 1 aliphatic heterocycles. The van der Waals surface area contributed by atoms with E-state index >= 15 is 0 Å². The van der Waals surface area contributed by atoms with Crippen molar-refractivity contribution in [3.05, 3.63) is 95.7 Å². The van der Waals surface area contributed by atoms with Gasteiger partial charge in [-0.25, -0.2) is 35.1 Å². The van der Waals surface area contributed by atoms with Gasteiger partial charge in [0.2, 0.25) is 10.0 Å². The lowest BCUT2D eigenvalue weighted by molar-refractivity contribution is -0.820. The molecule has 2 N–H and O–H groups in total. The Bertz CT molecular complexity index is 1870. The smallest absolute Gasteiger partial charge is 0.344 e. The Morgan fingerprint density at radius 2 is 1.51 bits per heavy atom. The molecule has 0 aliphatic carbocycles. The monoisotopic (exact) mass is 624 g/mol. The maximum atomic E-state index is 13.9. The summed E-state index contributed by atoms with van der Waals surface area (Å²) in [6.07, 6.45) is 2.03. The number of carbonyl (C=O) groups excluding carboxylic acids is 2. The molecule has 43 heavy (non-hydrogen) atoms. The summed E-state index contributed by atoms with van der Waals surface area (Å²) in [5.74, 6) is -0.679. The van der Waals surface area contributed by atoms with E-state index in [0.717, 1.165) is 9.54 Å². The number of ether oxygens (including phenoxy) is 1. The number of methoxy groups -OCH3 is 1. The molecule has 4 aromatic rings. The fourth-order valence-corrected chi connectivity index (χ4v) is 8.50. The topological polar surface area (TPSA) is 133 Å². The summed E-state index contributed by atoms with van der Waals surface area (Å²) in [4.78, 5) is 25.4. The van der Waals surface area contributed by atoms with Crippen LogP contribution in [0.15, 0.2) is 88.8 Å². The zero-order valence-electron chi connectivity index (χ0n) is 24.1. The normalized spacial score (nSPS) is 17.7. The summed E-state index contributed by atoms with van der Waals surface area (Å²) in [7, 11) is -6.93. The molecular formula is C31H34N3O7S2+. The van der Waals surface area contributed by atoms with Gasteiger partial charge in [0.1, 0.15) is 4.90 Å². The van der Waals surface area contributed by atoms with E-state index in [2.05, 4.69) is 4.72 Å². The molecule has 1 fully saturated rings. The Kier molecular flexibility index (Phi) is 8.57. The largest absolute Gasteiger partial charge is 0.465 e. The molecule has 0 spiro atoms. The van der Waals surface area contributed by atoms with Crippen LogP contribution in [0.3, 0.4) is 0 Å². The highest BCUT2D eigenvalue weighted by Gasteiger charge is 2.34. The van der Waals surface area contributed by atoms with E-state index in [1.165, 1.54) is 25.4 Å². The van der Waals surface area contributed by atoms with Gasteiger partial charge in [-0.2, -0.15) is 0 Å². The number of benzene rings is 3. The van der Waals surface area contributed by atoms with Crippen molar-refractivity contribution in [1.82, 2.24) is 8.69 Å². The van der Waals surface area contributed by atoms with Crippen molar-refractivity contribution >= 4 is 42.8 Å². The third kappa shape index (κ3) is 6.00. The highest BCUT2D eigenvalue weighted by molar-refractivity contribution is 7.91. The maximum absolute atomic E-state index is 13.9. The molecule has 0 bridgehead atoms. The number of rotatable bonds is 8. The number of fused-ring (bicyclic) bond motifs is 1. The van der Waals surface area contributed by atoms with Crippen molar-refractivity contribution in [2.45, 2.75) is 48.4 Å². The van der Waals surface area contributed by atoms with Crippen molar-refractivity contribution in [3.63, 3.8) is 0 Å². The number of quaternary nitrogens is 1. The van der Waals surface area contributed by atoms with Crippen molar-refractivity contribution in [3.8, 4) is 0 Å². The average molecular weight is 625 g/mol. The summed E-state index contributed by atoms with van der Waals surface area (Å²) in [5.41, 5.74) is 1.82. The van der Waals surface area contributed by atoms with Crippen LogP contribution < -0.4 is 9.62 Å². The van der Waals surface area contributed by atoms with E-state index in [0.29, 0.717) is 52.9 Å². The Morgan fingerprint density at radius 3 is 2.12 bits per heavy atom. The van der Waals surface area contributed by atoms with Crippen LogP contribution in [0.5, 0.6) is 0 Å². The van der Waals surface area contributed by atoms with Crippen LogP contribution in [0.2, 0.25) is 0 Å². The van der Waals surface area contributed by atoms with Crippen molar-refractivity contribution < 1.29 is 36.1 Å². The number of sulfonamides is 1. The second-order valence-electron chi connectivity index (χ2n) is 10.9. The molecule has 1 aliphatic rings. The summed E-state index contributed by atoms with van der Waals surface area (Å²) in [6, 6.07) is 18.9. The Hall–Kier alpha value is -3.84. The lowest BCUT2D eigenvalue weighted by Crippen LogP contribution is -3.15. The number of hydrogen-bond acceptors (Lipinski definition) is 7. The SMILES string of the molecule is COC(=O)c1ccc(C(=O)[NH+]2CCC(NS(=O)(=O)c3cn(S(=O)(=O)c4ccccc4)c4cccc(C(C)C)c34)CC2)cc1. The van der Waals surface area contributed by atoms with E-state index < -0.39 is 32.1 Å². The third-order valence-electron chi connectivity index (χ3n) is 7.80. The fourth-order valence-electron chi connectivity index (χ4n) is 5.51. The predicted octanol–water partition coefficient (Wildman–Crippen LogP) is 2.95. The van der Waals surface area contributed by atoms with Crippen LogP contribution in [0.25, 0.3) is 10.9 Å². The predicted molar refractivity (Wildman–Crippen MR) is 161 cm³/mol. The quantitative estimate of drug-likeness (QED) is 0.288. The molecule has 0 saturated carbocycles. The minimum atomic E-state index is -4.14. The number of hydrogen-bond donors (Lipinski definition) is 2. The molecule has 3 aromatic carbocycles. The number of likely N-dealkylation sites (tertiary alicyclic amines) is 1. The van der Waals surface area contributed by atoms with E-state index in [1.807, 2.05) is 19.9 Å². The highest BCUT2D eigenvalue weighted by atomic mass is 32.2. The van der Waals surface area contributed by atoms with Gasteiger partial charge in [-0.1, -0.05) is 44.2 Å². The maximum Gasteiger partial charge on any atom is 0.344 e. The molecule has 1 amide bonds. The molecule has 0 unspecified atom stereocenters. The standard InChI is InChI=1S/C31H33N3O7S2/c1-21(2)26-10-7-11-27-29(26)28(20-34(27)43(39,40)25-8-5-4-6-9-25)42(37,38)32-24-16-18-33(19-17-24)30(35)22-12-14-23(15-13-22)31(36)41-3/h4-15,20-21,24,32H,16-19H2,1-3H3/p+1. The number of carbonyl (C=O) groups is 2. The van der Waals surface area contributed by atoms with Crippen LogP contribution in [0, 0.1) is 0 Å². The van der Waals surface area contributed by atoms with Crippen LogP contribution in [-0.2, 0) is 24.8 Å². The third-order valence-corrected chi connectivity index (χ3v) is 11.0. The average Bonchev–Trinajstić information content (AvgIpc) is 3.43. The molecule has 12 heteroatoms. The van der Waals surface area contributed by atoms with Crippen LogP contribution in [-0.4, -0.2) is 58.9 Å². The van der Waals surface area contributed by atoms with Gasteiger partial charge in [-0.15, -0.1) is 0 Å². The van der Waals surface area contributed by atoms with E-state index in [4.69, 9.17) is 4.74 Å².